The number of nitro benzene ring substituents is 1. The van der Waals surface area contributed by atoms with Gasteiger partial charge in [-0.3, -0.25) is 15.0 Å². The van der Waals surface area contributed by atoms with Crippen LogP contribution in [0, 0.1) is 10.1 Å². The molecule has 0 unspecified atom stereocenters. The van der Waals surface area contributed by atoms with Crippen LogP contribution in [-0.4, -0.2) is 35.5 Å². The number of rotatable bonds is 5. The molecule has 0 atom stereocenters. The monoisotopic (exact) mass is 269 g/mol. The average molecular weight is 270 g/mol. The summed E-state index contributed by atoms with van der Waals surface area (Å²) >= 11 is 6.09. The maximum atomic E-state index is 10.6. The summed E-state index contributed by atoms with van der Waals surface area (Å²) in [7, 11) is 0. The van der Waals surface area contributed by atoms with Crippen molar-refractivity contribution in [2.75, 3.05) is 19.6 Å². The minimum atomic E-state index is -0.427. The number of halogens is 1. The Morgan fingerprint density at radius 3 is 2.72 bits per heavy atom. The quantitative estimate of drug-likeness (QED) is 0.656. The Bertz CT molecular complexity index is 449. The number of hydrogen-bond acceptors (Lipinski definition) is 4. The lowest BCUT2D eigenvalue weighted by atomic mass is 10.1. The van der Waals surface area contributed by atoms with Crippen molar-refractivity contribution in [2.24, 2.45) is 0 Å². The van der Waals surface area contributed by atoms with Gasteiger partial charge in [0.05, 0.1) is 9.95 Å². The molecule has 2 rings (SSSR count). The first-order valence-electron chi connectivity index (χ1n) is 5.99. The van der Waals surface area contributed by atoms with E-state index in [1.54, 1.807) is 6.07 Å². The molecule has 5 nitrogen and oxygen atoms in total. The molecular weight excluding hydrogens is 254 g/mol. The molecule has 0 amide bonds. The Hall–Kier alpha value is -1.17. The Labute approximate surface area is 111 Å². The molecule has 0 radical (unpaired) electrons. The smallest absolute Gasteiger partial charge is 0.270 e. The number of non-ortho nitro benzene ring substituents is 1. The molecule has 0 aliphatic carbocycles. The highest BCUT2D eigenvalue weighted by atomic mass is 35.5. The van der Waals surface area contributed by atoms with Gasteiger partial charge in [0, 0.05) is 37.8 Å². The lowest BCUT2D eigenvalue weighted by molar-refractivity contribution is -0.384. The molecule has 1 N–H and O–H groups in total. The molecule has 0 saturated carbocycles. The zero-order chi connectivity index (χ0) is 13.1. The Morgan fingerprint density at radius 1 is 1.56 bits per heavy atom. The van der Waals surface area contributed by atoms with Crippen LogP contribution in [0.2, 0.25) is 5.02 Å². The standard InChI is InChI=1S/C12H16ClN3O2/c1-2-15(11-6-14-7-11)8-9-3-4-10(16(17)18)5-12(9)13/h3-5,11,14H,2,6-8H2,1H3. The van der Waals surface area contributed by atoms with Gasteiger partial charge in [-0.1, -0.05) is 18.5 Å². The second-order valence-electron chi connectivity index (χ2n) is 4.41. The van der Waals surface area contributed by atoms with Gasteiger partial charge in [-0.25, -0.2) is 0 Å². The van der Waals surface area contributed by atoms with E-state index in [2.05, 4.69) is 17.1 Å². The number of nitrogens with zero attached hydrogens (tertiary/aromatic N) is 2. The maximum absolute atomic E-state index is 10.6. The fraction of sp³-hybridized carbons (Fsp3) is 0.500. The van der Waals surface area contributed by atoms with E-state index < -0.39 is 4.92 Å². The second kappa shape index (κ2) is 5.65. The summed E-state index contributed by atoms with van der Waals surface area (Å²) < 4.78 is 0. The molecule has 6 heteroatoms. The molecule has 0 aromatic heterocycles. The fourth-order valence-corrected chi connectivity index (χ4v) is 2.26. The Kier molecular flexibility index (Phi) is 4.16. The molecule has 18 heavy (non-hydrogen) atoms. The third-order valence-corrected chi connectivity index (χ3v) is 3.66. The molecule has 1 heterocycles. The zero-order valence-corrected chi connectivity index (χ0v) is 11.0. The van der Waals surface area contributed by atoms with Gasteiger partial charge in [-0.05, 0) is 18.2 Å². The summed E-state index contributed by atoms with van der Waals surface area (Å²) in [5.41, 5.74) is 0.980. The molecule has 1 saturated heterocycles. The van der Waals surface area contributed by atoms with E-state index in [0.29, 0.717) is 11.1 Å². The van der Waals surface area contributed by atoms with Gasteiger partial charge in [0.2, 0.25) is 0 Å². The summed E-state index contributed by atoms with van der Waals surface area (Å²) in [4.78, 5) is 12.5. The van der Waals surface area contributed by atoms with Crippen LogP contribution in [0.4, 0.5) is 5.69 Å². The van der Waals surface area contributed by atoms with Crippen LogP contribution >= 0.6 is 11.6 Å². The highest BCUT2D eigenvalue weighted by molar-refractivity contribution is 6.31. The van der Waals surface area contributed by atoms with Gasteiger partial charge in [0.15, 0.2) is 0 Å². The van der Waals surface area contributed by atoms with Crippen LogP contribution in [0.5, 0.6) is 0 Å². The van der Waals surface area contributed by atoms with E-state index in [4.69, 9.17) is 11.6 Å². The van der Waals surface area contributed by atoms with E-state index in [1.807, 2.05) is 0 Å². The highest BCUT2D eigenvalue weighted by Crippen LogP contribution is 2.24. The number of nitrogens with one attached hydrogen (secondary N) is 1. The first-order valence-corrected chi connectivity index (χ1v) is 6.37. The van der Waals surface area contributed by atoms with Crippen molar-refractivity contribution >= 4 is 17.3 Å². The van der Waals surface area contributed by atoms with Gasteiger partial charge in [-0.2, -0.15) is 0 Å². The lowest BCUT2D eigenvalue weighted by Crippen LogP contribution is -2.56. The van der Waals surface area contributed by atoms with Crippen LogP contribution < -0.4 is 5.32 Å². The van der Waals surface area contributed by atoms with Gasteiger partial charge in [-0.15, -0.1) is 0 Å². The number of likely N-dealkylation sites (N-methyl/N-ethyl adjacent to an activating group) is 1. The number of benzene rings is 1. The molecule has 1 aromatic carbocycles. The van der Waals surface area contributed by atoms with E-state index in [9.17, 15) is 10.1 Å². The maximum Gasteiger partial charge on any atom is 0.270 e. The summed E-state index contributed by atoms with van der Waals surface area (Å²) in [5.74, 6) is 0. The number of nitro groups is 1. The van der Waals surface area contributed by atoms with Gasteiger partial charge >= 0.3 is 0 Å². The third kappa shape index (κ3) is 2.80. The molecule has 1 aromatic rings. The van der Waals surface area contributed by atoms with Crippen molar-refractivity contribution in [3.8, 4) is 0 Å². The summed E-state index contributed by atoms with van der Waals surface area (Å²) in [6.07, 6.45) is 0. The Balaban J connectivity index is 2.10. The second-order valence-corrected chi connectivity index (χ2v) is 4.82. The van der Waals surface area contributed by atoms with Crippen molar-refractivity contribution < 1.29 is 4.92 Å². The molecule has 1 aliphatic heterocycles. The normalized spacial score (nSPS) is 15.7. The van der Waals surface area contributed by atoms with E-state index >= 15 is 0 Å². The van der Waals surface area contributed by atoms with Crippen LogP contribution in [0.3, 0.4) is 0 Å². The molecule has 1 aliphatic rings. The van der Waals surface area contributed by atoms with Crippen LogP contribution in [0.25, 0.3) is 0 Å². The van der Waals surface area contributed by atoms with Crippen molar-refractivity contribution in [1.29, 1.82) is 0 Å². The van der Waals surface area contributed by atoms with Crippen molar-refractivity contribution in [3.63, 3.8) is 0 Å². The predicted octanol–water partition coefficient (Wildman–Crippen LogP) is 2.04. The van der Waals surface area contributed by atoms with Gasteiger partial charge < -0.3 is 5.32 Å². The SMILES string of the molecule is CCN(Cc1ccc([N+](=O)[O-])cc1Cl)C1CNC1. The van der Waals surface area contributed by atoms with Gasteiger partial charge in [0.25, 0.3) is 5.69 Å². The zero-order valence-electron chi connectivity index (χ0n) is 10.2. The van der Waals surface area contributed by atoms with E-state index in [1.165, 1.54) is 12.1 Å². The first kappa shape index (κ1) is 13.3. The highest BCUT2D eigenvalue weighted by Gasteiger charge is 2.24. The van der Waals surface area contributed by atoms with Crippen molar-refractivity contribution in [2.45, 2.75) is 19.5 Å². The van der Waals surface area contributed by atoms with Crippen LogP contribution in [-0.2, 0) is 6.54 Å². The van der Waals surface area contributed by atoms with Crippen molar-refractivity contribution in [1.82, 2.24) is 10.2 Å². The molecule has 1 fully saturated rings. The summed E-state index contributed by atoms with van der Waals surface area (Å²) in [6.45, 7) is 5.79. The number of hydrogen-bond donors (Lipinski definition) is 1. The third-order valence-electron chi connectivity index (χ3n) is 3.30. The fourth-order valence-electron chi connectivity index (χ4n) is 2.03. The lowest BCUT2D eigenvalue weighted by Gasteiger charge is -2.37. The largest absolute Gasteiger partial charge is 0.314 e. The first-order chi connectivity index (χ1) is 8.61. The van der Waals surface area contributed by atoms with E-state index in [0.717, 1.165) is 31.7 Å². The van der Waals surface area contributed by atoms with E-state index in [-0.39, 0.29) is 5.69 Å². The minimum absolute atomic E-state index is 0.0390. The topological polar surface area (TPSA) is 58.4 Å². The summed E-state index contributed by atoms with van der Waals surface area (Å²) in [6, 6.07) is 5.22. The van der Waals surface area contributed by atoms with Crippen LogP contribution in [0.1, 0.15) is 12.5 Å². The molecule has 0 bridgehead atoms. The predicted molar refractivity (Wildman–Crippen MR) is 70.8 cm³/mol. The molecular formula is C12H16ClN3O2. The van der Waals surface area contributed by atoms with Gasteiger partial charge in [0.1, 0.15) is 0 Å². The molecule has 98 valence electrons. The average Bonchev–Trinajstić information content (AvgIpc) is 2.27. The van der Waals surface area contributed by atoms with Crippen molar-refractivity contribution in [3.05, 3.63) is 38.9 Å². The Morgan fingerprint density at radius 2 is 2.28 bits per heavy atom. The summed E-state index contributed by atoms with van der Waals surface area (Å²) in [5, 5.41) is 14.3. The minimum Gasteiger partial charge on any atom is -0.314 e. The van der Waals surface area contributed by atoms with Crippen LogP contribution in [0.15, 0.2) is 18.2 Å². The molecule has 0 spiro atoms.